The minimum Gasteiger partial charge on any atom is -0.429 e. The fourth-order valence-electron chi connectivity index (χ4n) is 4.64. The number of rotatable bonds is 10. The fourth-order valence-corrected chi connectivity index (χ4v) is 4.64. The molecular weight excluding hydrogens is 555 g/mol. The van der Waals surface area contributed by atoms with Gasteiger partial charge in [0.15, 0.2) is 29.6 Å². The highest BCUT2D eigenvalue weighted by Crippen LogP contribution is 2.35. The molecule has 42 heavy (non-hydrogen) atoms. The van der Waals surface area contributed by atoms with Gasteiger partial charge in [-0.3, -0.25) is 0 Å². The Kier molecular flexibility index (Phi) is 9.13. The predicted octanol–water partition coefficient (Wildman–Crippen LogP) is 8.25. The number of nitrogens with zero attached hydrogens (tertiary/aromatic N) is 2. The van der Waals surface area contributed by atoms with E-state index in [1.54, 1.807) is 24.5 Å². The van der Waals surface area contributed by atoms with Crippen LogP contribution in [0, 0.1) is 17.5 Å². The maximum absolute atomic E-state index is 14.9. The Bertz CT molecular complexity index is 1450. The van der Waals surface area contributed by atoms with Crippen molar-refractivity contribution in [1.82, 2.24) is 9.97 Å². The van der Waals surface area contributed by atoms with Crippen LogP contribution < -0.4 is 4.74 Å². The molecule has 2 heterocycles. The Morgan fingerprint density at radius 3 is 2.05 bits per heavy atom. The van der Waals surface area contributed by atoms with Crippen molar-refractivity contribution in [2.24, 2.45) is 0 Å². The number of hydrogen-bond acceptors (Lipinski definition) is 5. The van der Waals surface area contributed by atoms with E-state index in [2.05, 4.69) is 16.9 Å². The molecule has 220 valence electrons. The topological polar surface area (TPSA) is 53.5 Å². The van der Waals surface area contributed by atoms with Crippen LogP contribution in [0.4, 0.5) is 22.0 Å². The average molecular weight is 585 g/mol. The number of aryl methyl sites for hydroxylation is 1. The van der Waals surface area contributed by atoms with E-state index in [-0.39, 0.29) is 36.0 Å². The molecule has 1 fully saturated rings. The zero-order valence-corrected chi connectivity index (χ0v) is 22.8. The predicted molar refractivity (Wildman–Crippen MR) is 145 cm³/mol. The zero-order chi connectivity index (χ0) is 29.7. The van der Waals surface area contributed by atoms with Crippen molar-refractivity contribution in [1.29, 1.82) is 0 Å². The third kappa shape index (κ3) is 6.94. The maximum Gasteiger partial charge on any atom is 0.426 e. The summed E-state index contributed by atoms with van der Waals surface area (Å²) in [6.45, 7) is 2.42. The molecule has 0 radical (unpaired) electrons. The molecule has 0 spiro atoms. The number of alkyl halides is 2. The number of benzene rings is 3. The summed E-state index contributed by atoms with van der Waals surface area (Å²) in [4.78, 5) is 8.74. The summed E-state index contributed by atoms with van der Waals surface area (Å²) < 4.78 is 86.4. The molecule has 0 atom stereocenters. The van der Waals surface area contributed by atoms with E-state index >= 15 is 0 Å². The van der Waals surface area contributed by atoms with Gasteiger partial charge in [0.1, 0.15) is 5.75 Å². The third-order valence-corrected chi connectivity index (χ3v) is 7.03. The second kappa shape index (κ2) is 13.0. The van der Waals surface area contributed by atoms with Gasteiger partial charge < -0.3 is 14.2 Å². The smallest absolute Gasteiger partial charge is 0.426 e. The third-order valence-electron chi connectivity index (χ3n) is 7.03. The molecule has 1 aliphatic rings. The summed E-state index contributed by atoms with van der Waals surface area (Å²) in [5.41, 5.74) is 2.10. The summed E-state index contributed by atoms with van der Waals surface area (Å²) in [5.74, 6) is -4.07. The first kappa shape index (κ1) is 29.6. The van der Waals surface area contributed by atoms with E-state index in [4.69, 9.17) is 14.2 Å². The van der Waals surface area contributed by atoms with E-state index < -0.39 is 29.9 Å². The summed E-state index contributed by atoms with van der Waals surface area (Å²) >= 11 is 0. The maximum atomic E-state index is 14.9. The van der Waals surface area contributed by atoms with E-state index in [0.29, 0.717) is 11.4 Å². The zero-order valence-electron chi connectivity index (χ0n) is 22.8. The average Bonchev–Trinajstić information content (AvgIpc) is 3.00. The molecule has 0 amide bonds. The van der Waals surface area contributed by atoms with E-state index in [1.165, 1.54) is 36.4 Å². The van der Waals surface area contributed by atoms with Crippen molar-refractivity contribution in [3.05, 3.63) is 113 Å². The Hall–Kier alpha value is -3.89. The van der Waals surface area contributed by atoms with Gasteiger partial charge in [0.05, 0.1) is 18.8 Å². The van der Waals surface area contributed by atoms with Crippen LogP contribution in [-0.2, 0) is 22.0 Å². The highest BCUT2D eigenvalue weighted by molar-refractivity contribution is 5.55. The standard InChI is InChI=1S/C32H29F5N2O3/c1-2-3-4-5-20-16-38-30(39-17-20)22-6-10-25(11-7-22)32(36,37)42-26-12-8-21(9-13-26)24-18-40-31(41-19-24)23-14-27(33)29(35)28(34)15-23/h6-17,24,31H,2-5,18-19H2,1H3. The van der Waals surface area contributed by atoms with Gasteiger partial charge in [-0.25, -0.2) is 23.1 Å². The molecule has 1 aliphatic heterocycles. The summed E-state index contributed by atoms with van der Waals surface area (Å²) in [5, 5.41) is 0. The number of ether oxygens (including phenoxy) is 3. The number of unbranched alkanes of at least 4 members (excludes halogenated alkanes) is 2. The first-order valence-corrected chi connectivity index (χ1v) is 13.7. The van der Waals surface area contributed by atoms with Crippen LogP contribution in [0.3, 0.4) is 0 Å². The quantitative estimate of drug-likeness (QED) is 0.107. The Morgan fingerprint density at radius 1 is 0.833 bits per heavy atom. The molecule has 3 aromatic carbocycles. The molecule has 0 aliphatic carbocycles. The van der Waals surface area contributed by atoms with Gasteiger partial charge in [-0.1, -0.05) is 44.0 Å². The molecule has 1 saturated heterocycles. The van der Waals surface area contributed by atoms with Crippen LogP contribution >= 0.6 is 0 Å². The van der Waals surface area contributed by atoms with Crippen LogP contribution in [0.5, 0.6) is 5.75 Å². The van der Waals surface area contributed by atoms with Gasteiger partial charge in [0.25, 0.3) is 0 Å². The van der Waals surface area contributed by atoms with Gasteiger partial charge in [0.2, 0.25) is 0 Å². The molecule has 0 saturated carbocycles. The highest BCUT2D eigenvalue weighted by atomic mass is 19.3. The Balaban J connectivity index is 1.17. The van der Waals surface area contributed by atoms with Crippen molar-refractivity contribution in [2.75, 3.05) is 13.2 Å². The molecule has 0 N–H and O–H groups in total. The molecule has 0 unspecified atom stereocenters. The van der Waals surface area contributed by atoms with Crippen LogP contribution in [0.2, 0.25) is 0 Å². The lowest BCUT2D eigenvalue weighted by Gasteiger charge is -2.30. The molecule has 4 aromatic rings. The first-order valence-electron chi connectivity index (χ1n) is 13.7. The number of halogens is 5. The SMILES string of the molecule is CCCCCc1cnc(-c2ccc(C(F)(F)Oc3ccc(C4COC(c5cc(F)c(F)c(F)c5)OC4)cc3)cc2)nc1. The lowest BCUT2D eigenvalue weighted by atomic mass is 10.00. The van der Waals surface area contributed by atoms with Crippen LogP contribution in [0.15, 0.2) is 73.1 Å². The molecule has 1 aromatic heterocycles. The summed E-state index contributed by atoms with van der Waals surface area (Å²) in [6, 6.07) is 13.4. The number of hydrogen-bond donors (Lipinski definition) is 0. The minimum atomic E-state index is -3.59. The molecule has 10 heteroatoms. The van der Waals surface area contributed by atoms with Crippen LogP contribution in [-0.4, -0.2) is 23.2 Å². The Labute approximate surface area is 240 Å². The minimum absolute atomic E-state index is 0.0205. The van der Waals surface area contributed by atoms with Gasteiger partial charge in [-0.05, 0) is 60.4 Å². The highest BCUT2D eigenvalue weighted by Gasteiger charge is 2.35. The normalized spacial score (nSPS) is 17.3. The van der Waals surface area contributed by atoms with Crippen molar-refractivity contribution in [3.8, 4) is 17.1 Å². The monoisotopic (exact) mass is 584 g/mol. The lowest BCUT2D eigenvalue weighted by Crippen LogP contribution is -2.26. The van der Waals surface area contributed by atoms with Crippen molar-refractivity contribution in [2.45, 2.75) is 50.9 Å². The van der Waals surface area contributed by atoms with Crippen molar-refractivity contribution >= 4 is 0 Å². The summed E-state index contributed by atoms with van der Waals surface area (Å²) in [7, 11) is 0. The van der Waals surface area contributed by atoms with E-state index in [0.717, 1.165) is 48.9 Å². The molecule has 0 bridgehead atoms. The van der Waals surface area contributed by atoms with Crippen molar-refractivity contribution in [3.63, 3.8) is 0 Å². The van der Waals surface area contributed by atoms with Crippen molar-refractivity contribution < 1.29 is 36.2 Å². The Morgan fingerprint density at radius 2 is 1.45 bits per heavy atom. The van der Waals surface area contributed by atoms with Crippen LogP contribution in [0.25, 0.3) is 11.4 Å². The van der Waals surface area contributed by atoms with Gasteiger partial charge in [-0.2, -0.15) is 8.78 Å². The van der Waals surface area contributed by atoms with E-state index in [9.17, 15) is 22.0 Å². The molecule has 5 nitrogen and oxygen atoms in total. The second-order valence-corrected chi connectivity index (χ2v) is 10.1. The molecular formula is C32H29F5N2O3. The number of aromatic nitrogens is 2. The fraction of sp³-hybridized carbons (Fsp3) is 0.312. The van der Waals surface area contributed by atoms with E-state index in [1.807, 2.05) is 0 Å². The second-order valence-electron chi connectivity index (χ2n) is 10.1. The largest absolute Gasteiger partial charge is 0.429 e. The van der Waals surface area contributed by atoms with Crippen LogP contribution in [0.1, 0.15) is 60.6 Å². The first-order chi connectivity index (χ1) is 20.2. The lowest BCUT2D eigenvalue weighted by molar-refractivity contribution is -0.192. The summed E-state index contributed by atoms with van der Waals surface area (Å²) in [6.07, 6.45) is 3.14. The van der Waals surface area contributed by atoms with Gasteiger partial charge in [-0.15, -0.1) is 0 Å². The van der Waals surface area contributed by atoms with Gasteiger partial charge >= 0.3 is 6.11 Å². The molecule has 5 rings (SSSR count). The van der Waals surface area contributed by atoms with Gasteiger partial charge in [0, 0.05) is 29.4 Å².